The Balaban J connectivity index is 1.91. The minimum Gasteiger partial charge on any atom is -0.472 e. The highest BCUT2D eigenvalue weighted by molar-refractivity contribution is 5.77. The van der Waals surface area contributed by atoms with Gasteiger partial charge in [0.15, 0.2) is 0 Å². The molecule has 2 heterocycles. The molecule has 1 atom stereocenters. The molecule has 6 nitrogen and oxygen atoms in total. The Morgan fingerprint density at radius 2 is 2.48 bits per heavy atom. The van der Waals surface area contributed by atoms with Crippen LogP contribution in [0, 0.1) is 11.3 Å². The molecule has 1 aromatic rings. The van der Waals surface area contributed by atoms with E-state index in [1.165, 1.54) is 0 Å². The predicted octanol–water partition coefficient (Wildman–Crippen LogP) is 1.36. The van der Waals surface area contributed by atoms with Crippen LogP contribution in [0.25, 0.3) is 0 Å². The van der Waals surface area contributed by atoms with Gasteiger partial charge in [0.1, 0.15) is 12.7 Å². The summed E-state index contributed by atoms with van der Waals surface area (Å²) >= 11 is 0. The number of carbonyl (C=O) groups excluding carboxylic acids is 1. The predicted molar refractivity (Wildman–Crippen MR) is 75.7 cm³/mol. The lowest BCUT2D eigenvalue weighted by Gasteiger charge is -2.32. The summed E-state index contributed by atoms with van der Waals surface area (Å²) in [6.07, 6.45) is 3.22. The van der Waals surface area contributed by atoms with Gasteiger partial charge in [-0.2, -0.15) is 5.26 Å². The number of ether oxygens (including phenoxy) is 2. The molecule has 1 fully saturated rings. The first-order valence-corrected chi connectivity index (χ1v) is 7.11. The molecule has 0 aromatic carbocycles. The molecule has 1 saturated heterocycles. The van der Waals surface area contributed by atoms with Gasteiger partial charge in [-0.25, -0.2) is 4.98 Å². The second-order valence-corrected chi connectivity index (χ2v) is 4.85. The van der Waals surface area contributed by atoms with Crippen LogP contribution in [0.4, 0.5) is 0 Å². The van der Waals surface area contributed by atoms with Crippen LogP contribution in [-0.2, 0) is 9.53 Å². The largest absolute Gasteiger partial charge is 0.472 e. The maximum atomic E-state index is 11.9. The number of nitriles is 1. The van der Waals surface area contributed by atoms with E-state index in [0.29, 0.717) is 24.6 Å². The van der Waals surface area contributed by atoms with Crippen molar-refractivity contribution in [3.05, 3.63) is 23.9 Å². The number of amides is 1. The smallest absolute Gasteiger partial charge is 0.248 e. The van der Waals surface area contributed by atoms with Crippen molar-refractivity contribution in [2.24, 2.45) is 0 Å². The molecule has 1 aromatic heterocycles. The Labute approximate surface area is 124 Å². The highest BCUT2D eigenvalue weighted by Gasteiger charge is 2.25. The summed E-state index contributed by atoms with van der Waals surface area (Å²) in [7, 11) is 0. The second-order valence-electron chi connectivity index (χ2n) is 4.85. The van der Waals surface area contributed by atoms with Gasteiger partial charge in [-0.15, -0.1) is 0 Å². The average molecular weight is 289 g/mol. The first kappa shape index (κ1) is 15.3. The average Bonchev–Trinajstić information content (AvgIpc) is 2.53. The third kappa shape index (κ3) is 4.43. The van der Waals surface area contributed by atoms with Crippen LogP contribution in [-0.4, -0.2) is 48.2 Å². The summed E-state index contributed by atoms with van der Waals surface area (Å²) in [5, 5.41) is 8.87. The molecule has 0 unspecified atom stereocenters. The number of aromatic nitrogens is 1. The number of pyridine rings is 1. The Hall–Kier alpha value is -2.13. The van der Waals surface area contributed by atoms with E-state index in [9.17, 15) is 4.79 Å². The molecule has 6 heteroatoms. The van der Waals surface area contributed by atoms with Crippen LogP contribution in [0.15, 0.2) is 18.3 Å². The van der Waals surface area contributed by atoms with Crippen molar-refractivity contribution < 1.29 is 14.3 Å². The van der Waals surface area contributed by atoms with E-state index in [2.05, 4.69) is 11.1 Å². The van der Waals surface area contributed by atoms with Gasteiger partial charge in [0.05, 0.1) is 18.2 Å². The maximum absolute atomic E-state index is 11.9. The number of hydrogen-bond donors (Lipinski definition) is 0. The summed E-state index contributed by atoms with van der Waals surface area (Å²) in [4.78, 5) is 17.8. The highest BCUT2D eigenvalue weighted by atomic mass is 16.5. The lowest BCUT2D eigenvalue weighted by molar-refractivity contribution is -0.138. The normalized spacial score (nSPS) is 18.1. The molecule has 1 aliphatic rings. The highest BCUT2D eigenvalue weighted by Crippen LogP contribution is 2.17. The summed E-state index contributed by atoms with van der Waals surface area (Å²) in [6.45, 7) is 3.78. The summed E-state index contributed by atoms with van der Waals surface area (Å²) in [5.74, 6) is 0.419. The molecular weight excluding hydrogens is 270 g/mol. The number of rotatable bonds is 5. The van der Waals surface area contributed by atoms with Gasteiger partial charge in [0, 0.05) is 25.4 Å². The van der Waals surface area contributed by atoms with E-state index >= 15 is 0 Å². The summed E-state index contributed by atoms with van der Waals surface area (Å²) < 4.78 is 10.9. The first-order valence-electron chi connectivity index (χ1n) is 7.11. The van der Waals surface area contributed by atoms with Crippen LogP contribution < -0.4 is 4.74 Å². The van der Waals surface area contributed by atoms with E-state index in [1.807, 2.05) is 6.92 Å². The zero-order chi connectivity index (χ0) is 15.1. The molecule has 0 N–H and O–H groups in total. The van der Waals surface area contributed by atoms with Gasteiger partial charge in [-0.3, -0.25) is 4.79 Å². The molecule has 0 radical (unpaired) electrons. The van der Waals surface area contributed by atoms with Crippen molar-refractivity contribution in [1.29, 1.82) is 5.26 Å². The quantitative estimate of drug-likeness (QED) is 0.818. The zero-order valence-corrected chi connectivity index (χ0v) is 12.1. The number of piperidine rings is 1. The van der Waals surface area contributed by atoms with Gasteiger partial charge in [-0.05, 0) is 25.8 Å². The minimum absolute atomic E-state index is 0.0103. The SMILES string of the molecule is CCOCC(=O)N1CCC[C@@H](Oc2cc(C#N)ccn2)C1. The summed E-state index contributed by atoms with van der Waals surface area (Å²) in [5.41, 5.74) is 0.514. The van der Waals surface area contributed by atoms with Crippen molar-refractivity contribution >= 4 is 5.91 Å². The van der Waals surface area contributed by atoms with Crippen molar-refractivity contribution in [2.75, 3.05) is 26.3 Å². The lowest BCUT2D eigenvalue weighted by Crippen LogP contribution is -2.45. The monoisotopic (exact) mass is 289 g/mol. The fourth-order valence-corrected chi connectivity index (χ4v) is 2.26. The fourth-order valence-electron chi connectivity index (χ4n) is 2.26. The van der Waals surface area contributed by atoms with Gasteiger partial charge in [0.2, 0.25) is 11.8 Å². The van der Waals surface area contributed by atoms with Crippen LogP contribution in [0.3, 0.4) is 0 Å². The third-order valence-electron chi connectivity index (χ3n) is 3.31. The Morgan fingerprint density at radius 1 is 1.62 bits per heavy atom. The molecule has 21 heavy (non-hydrogen) atoms. The van der Waals surface area contributed by atoms with Gasteiger partial charge < -0.3 is 14.4 Å². The second kappa shape index (κ2) is 7.60. The molecule has 0 saturated carbocycles. The van der Waals surface area contributed by atoms with Crippen LogP contribution in [0.2, 0.25) is 0 Å². The Kier molecular flexibility index (Phi) is 5.52. The molecule has 1 aliphatic heterocycles. The van der Waals surface area contributed by atoms with E-state index < -0.39 is 0 Å². The Bertz CT molecular complexity index is 527. The fraction of sp³-hybridized carbons (Fsp3) is 0.533. The van der Waals surface area contributed by atoms with E-state index in [4.69, 9.17) is 14.7 Å². The number of nitrogens with zero attached hydrogens (tertiary/aromatic N) is 3. The molecule has 112 valence electrons. The van der Waals surface area contributed by atoms with E-state index in [1.54, 1.807) is 23.2 Å². The van der Waals surface area contributed by atoms with Crippen molar-refractivity contribution in [2.45, 2.75) is 25.9 Å². The van der Waals surface area contributed by atoms with Crippen molar-refractivity contribution in [3.63, 3.8) is 0 Å². The molecule has 0 spiro atoms. The maximum Gasteiger partial charge on any atom is 0.248 e. The van der Waals surface area contributed by atoms with Crippen LogP contribution >= 0.6 is 0 Å². The van der Waals surface area contributed by atoms with E-state index in [0.717, 1.165) is 19.4 Å². The number of hydrogen-bond acceptors (Lipinski definition) is 5. The van der Waals surface area contributed by atoms with Gasteiger partial charge >= 0.3 is 0 Å². The topological polar surface area (TPSA) is 75.4 Å². The number of likely N-dealkylation sites (tertiary alicyclic amines) is 1. The van der Waals surface area contributed by atoms with Crippen LogP contribution in [0.1, 0.15) is 25.3 Å². The lowest BCUT2D eigenvalue weighted by atomic mass is 10.1. The molecule has 2 rings (SSSR count). The molecule has 1 amide bonds. The minimum atomic E-state index is -0.0919. The van der Waals surface area contributed by atoms with Crippen molar-refractivity contribution in [3.8, 4) is 11.9 Å². The molecule has 0 bridgehead atoms. The van der Waals surface area contributed by atoms with Crippen LogP contribution in [0.5, 0.6) is 5.88 Å². The van der Waals surface area contributed by atoms with E-state index in [-0.39, 0.29) is 18.6 Å². The van der Waals surface area contributed by atoms with Crippen molar-refractivity contribution in [1.82, 2.24) is 9.88 Å². The zero-order valence-electron chi connectivity index (χ0n) is 12.1. The molecular formula is C15H19N3O3. The Morgan fingerprint density at radius 3 is 3.24 bits per heavy atom. The standard InChI is InChI=1S/C15H19N3O3/c1-2-20-11-15(19)18-7-3-4-13(10-18)21-14-8-12(9-16)5-6-17-14/h5-6,8,13H,2-4,7,10-11H2,1H3/t13-/m1/s1. The molecule has 0 aliphatic carbocycles. The first-order chi connectivity index (χ1) is 10.2. The number of carbonyl (C=O) groups is 1. The van der Waals surface area contributed by atoms with Gasteiger partial charge in [0.25, 0.3) is 0 Å². The summed E-state index contributed by atoms with van der Waals surface area (Å²) in [6, 6.07) is 5.30. The van der Waals surface area contributed by atoms with Gasteiger partial charge in [-0.1, -0.05) is 0 Å². The third-order valence-corrected chi connectivity index (χ3v) is 3.31.